The lowest BCUT2D eigenvalue weighted by Crippen LogP contribution is -2.28. The van der Waals surface area contributed by atoms with Crippen LogP contribution in [0.4, 0.5) is 5.69 Å². The molecular weight excluding hydrogens is 442 g/mol. The van der Waals surface area contributed by atoms with E-state index in [1.54, 1.807) is 31.2 Å². The normalized spacial score (nSPS) is 10.7. The predicted octanol–water partition coefficient (Wildman–Crippen LogP) is 3.77. The Morgan fingerprint density at radius 3 is 2.58 bits per heavy atom. The maximum absolute atomic E-state index is 13.0. The Kier molecular flexibility index (Phi) is 6.50. The number of nitrogens with zero attached hydrogens (tertiary/aromatic N) is 2. The van der Waals surface area contributed by atoms with Gasteiger partial charge >= 0.3 is 5.97 Å². The average Bonchev–Trinajstić information content (AvgIpc) is 3.17. The minimum atomic E-state index is -0.515. The number of esters is 1. The van der Waals surface area contributed by atoms with E-state index in [4.69, 9.17) is 9.47 Å². The topological polar surface area (TPSA) is 99.5 Å². The standard InChI is InChI=1S/C24H21N3O5S/c1-15-20-22(33-21(15)24(30)32-13-16-8-4-3-5-9-16)25-14-27(23(20)29)12-19(28)26-17-10-6-7-11-18(17)31-2/h3-11,14H,12-13H2,1-2H3,(H,26,28). The molecule has 2 heterocycles. The molecule has 0 bridgehead atoms. The third-order valence-corrected chi connectivity index (χ3v) is 6.19. The van der Waals surface area contributed by atoms with Crippen molar-refractivity contribution in [2.75, 3.05) is 12.4 Å². The summed E-state index contributed by atoms with van der Waals surface area (Å²) < 4.78 is 11.8. The lowest BCUT2D eigenvalue weighted by molar-refractivity contribution is -0.116. The van der Waals surface area contributed by atoms with Crippen molar-refractivity contribution in [1.82, 2.24) is 9.55 Å². The first-order valence-electron chi connectivity index (χ1n) is 10.1. The third-order valence-electron chi connectivity index (χ3n) is 5.01. The van der Waals surface area contributed by atoms with Gasteiger partial charge in [0.2, 0.25) is 5.91 Å². The van der Waals surface area contributed by atoms with Crippen LogP contribution in [0, 0.1) is 6.92 Å². The Hall–Kier alpha value is -3.98. The second-order valence-electron chi connectivity index (χ2n) is 7.22. The molecule has 2 aromatic carbocycles. The fourth-order valence-corrected chi connectivity index (χ4v) is 4.38. The highest BCUT2D eigenvalue weighted by molar-refractivity contribution is 7.20. The molecule has 0 saturated heterocycles. The van der Waals surface area contributed by atoms with Gasteiger partial charge in [-0.1, -0.05) is 42.5 Å². The van der Waals surface area contributed by atoms with Crippen molar-refractivity contribution in [2.45, 2.75) is 20.1 Å². The van der Waals surface area contributed by atoms with Crippen LogP contribution in [0.2, 0.25) is 0 Å². The second-order valence-corrected chi connectivity index (χ2v) is 8.22. The second kappa shape index (κ2) is 9.66. The van der Waals surface area contributed by atoms with Crippen LogP contribution in [0.5, 0.6) is 5.75 Å². The molecule has 0 spiro atoms. The third kappa shape index (κ3) is 4.78. The van der Waals surface area contributed by atoms with Gasteiger partial charge in [-0.25, -0.2) is 9.78 Å². The molecule has 0 radical (unpaired) electrons. The van der Waals surface area contributed by atoms with E-state index in [0.717, 1.165) is 16.9 Å². The molecule has 0 fully saturated rings. The number of fused-ring (bicyclic) bond motifs is 1. The monoisotopic (exact) mass is 463 g/mol. The number of rotatable bonds is 7. The minimum absolute atomic E-state index is 0.133. The highest BCUT2D eigenvalue weighted by atomic mass is 32.1. The van der Waals surface area contributed by atoms with Crippen molar-refractivity contribution in [3.8, 4) is 5.75 Å². The quantitative estimate of drug-likeness (QED) is 0.419. The van der Waals surface area contributed by atoms with E-state index in [-0.39, 0.29) is 13.2 Å². The van der Waals surface area contributed by atoms with Gasteiger partial charge in [0.15, 0.2) is 0 Å². The molecule has 4 rings (SSSR count). The van der Waals surface area contributed by atoms with E-state index in [1.807, 2.05) is 30.3 Å². The maximum atomic E-state index is 13.0. The van der Waals surface area contributed by atoms with Crippen molar-refractivity contribution in [3.05, 3.63) is 87.3 Å². The Morgan fingerprint density at radius 1 is 1.09 bits per heavy atom. The number of benzene rings is 2. The Balaban J connectivity index is 1.53. The summed E-state index contributed by atoms with van der Waals surface area (Å²) >= 11 is 1.10. The first-order valence-corrected chi connectivity index (χ1v) is 10.9. The van der Waals surface area contributed by atoms with Gasteiger partial charge in [0.25, 0.3) is 5.56 Å². The van der Waals surface area contributed by atoms with E-state index < -0.39 is 17.4 Å². The number of aryl methyl sites for hydroxylation is 1. The Labute approximate surface area is 193 Å². The number of ether oxygens (including phenoxy) is 2. The van der Waals surface area contributed by atoms with Crippen LogP contribution < -0.4 is 15.6 Å². The molecule has 0 unspecified atom stereocenters. The van der Waals surface area contributed by atoms with Crippen LogP contribution in [-0.4, -0.2) is 28.5 Å². The molecule has 0 aliphatic rings. The number of nitrogens with one attached hydrogen (secondary N) is 1. The van der Waals surface area contributed by atoms with Crippen molar-refractivity contribution in [3.63, 3.8) is 0 Å². The molecule has 4 aromatic rings. The summed E-state index contributed by atoms with van der Waals surface area (Å²) in [4.78, 5) is 43.2. The van der Waals surface area contributed by atoms with Crippen LogP contribution in [0.1, 0.15) is 20.8 Å². The predicted molar refractivity (Wildman–Crippen MR) is 126 cm³/mol. The number of para-hydroxylation sites is 2. The van der Waals surface area contributed by atoms with Crippen molar-refractivity contribution in [1.29, 1.82) is 0 Å². The maximum Gasteiger partial charge on any atom is 0.349 e. The molecule has 0 saturated carbocycles. The Bertz CT molecular complexity index is 1380. The van der Waals surface area contributed by atoms with Crippen LogP contribution >= 0.6 is 11.3 Å². The van der Waals surface area contributed by atoms with Gasteiger partial charge in [0.05, 0.1) is 24.5 Å². The summed E-state index contributed by atoms with van der Waals surface area (Å²) in [7, 11) is 1.51. The summed E-state index contributed by atoms with van der Waals surface area (Å²) in [5, 5.41) is 3.04. The number of aromatic nitrogens is 2. The Morgan fingerprint density at radius 2 is 1.82 bits per heavy atom. The summed E-state index contributed by atoms with van der Waals surface area (Å²) in [6.45, 7) is 1.58. The van der Waals surface area contributed by atoms with Gasteiger partial charge in [-0.05, 0) is 30.2 Å². The number of hydrogen-bond acceptors (Lipinski definition) is 7. The van der Waals surface area contributed by atoms with Crippen molar-refractivity contribution in [2.24, 2.45) is 0 Å². The van der Waals surface area contributed by atoms with E-state index in [2.05, 4.69) is 10.3 Å². The average molecular weight is 464 g/mol. The van der Waals surface area contributed by atoms with E-state index in [1.165, 1.54) is 18.0 Å². The zero-order chi connectivity index (χ0) is 23.4. The molecular formula is C24H21N3O5S. The van der Waals surface area contributed by atoms with Crippen molar-refractivity contribution >= 4 is 39.1 Å². The zero-order valence-corrected chi connectivity index (χ0v) is 18.8. The molecule has 1 amide bonds. The van der Waals surface area contributed by atoms with Gasteiger partial charge < -0.3 is 14.8 Å². The summed E-state index contributed by atoms with van der Waals surface area (Å²) in [5.41, 5.74) is 1.46. The van der Waals surface area contributed by atoms with Crippen LogP contribution in [0.25, 0.3) is 10.2 Å². The van der Waals surface area contributed by atoms with Crippen LogP contribution in [-0.2, 0) is 22.7 Å². The van der Waals surface area contributed by atoms with Gasteiger partial charge in [0, 0.05) is 0 Å². The van der Waals surface area contributed by atoms with Gasteiger partial charge in [0.1, 0.15) is 28.6 Å². The number of thiophene rings is 1. The molecule has 0 atom stereocenters. The highest BCUT2D eigenvalue weighted by Gasteiger charge is 2.21. The molecule has 33 heavy (non-hydrogen) atoms. The van der Waals surface area contributed by atoms with Gasteiger partial charge in [-0.2, -0.15) is 0 Å². The van der Waals surface area contributed by atoms with E-state index >= 15 is 0 Å². The molecule has 0 aliphatic heterocycles. The highest BCUT2D eigenvalue weighted by Crippen LogP contribution is 2.28. The number of amides is 1. The number of anilines is 1. The summed E-state index contributed by atoms with van der Waals surface area (Å²) in [6.07, 6.45) is 1.31. The number of methoxy groups -OCH3 is 1. The van der Waals surface area contributed by atoms with E-state index in [0.29, 0.717) is 32.1 Å². The van der Waals surface area contributed by atoms with Crippen molar-refractivity contribution < 1.29 is 19.1 Å². The number of hydrogen-bond donors (Lipinski definition) is 1. The molecule has 168 valence electrons. The lowest BCUT2D eigenvalue weighted by Gasteiger charge is -2.10. The van der Waals surface area contributed by atoms with Gasteiger partial charge in [-0.3, -0.25) is 14.2 Å². The molecule has 0 aliphatic carbocycles. The molecule has 1 N–H and O–H groups in total. The number of carbonyl (C=O) groups is 2. The molecule has 2 aromatic heterocycles. The number of carbonyl (C=O) groups excluding carboxylic acids is 2. The fraction of sp³-hybridized carbons (Fsp3) is 0.167. The zero-order valence-electron chi connectivity index (χ0n) is 18.0. The summed E-state index contributed by atoms with van der Waals surface area (Å²) in [5.74, 6) is -0.406. The van der Waals surface area contributed by atoms with Crippen LogP contribution in [0.3, 0.4) is 0 Å². The molecule has 8 nitrogen and oxygen atoms in total. The fourth-order valence-electron chi connectivity index (χ4n) is 3.35. The lowest BCUT2D eigenvalue weighted by atomic mass is 10.2. The minimum Gasteiger partial charge on any atom is -0.495 e. The SMILES string of the molecule is COc1ccccc1NC(=O)Cn1cnc2sc(C(=O)OCc3ccccc3)c(C)c2c1=O. The summed E-state index contributed by atoms with van der Waals surface area (Å²) in [6, 6.07) is 16.3. The van der Waals surface area contributed by atoms with Crippen LogP contribution in [0.15, 0.2) is 65.7 Å². The first-order chi connectivity index (χ1) is 16.0. The first kappa shape index (κ1) is 22.2. The largest absolute Gasteiger partial charge is 0.495 e. The van der Waals surface area contributed by atoms with E-state index in [9.17, 15) is 14.4 Å². The molecule has 9 heteroatoms. The van der Waals surface area contributed by atoms with Gasteiger partial charge in [-0.15, -0.1) is 11.3 Å². The smallest absolute Gasteiger partial charge is 0.349 e.